The number of aryl methyl sites for hydroxylation is 1. The summed E-state index contributed by atoms with van der Waals surface area (Å²) in [6, 6.07) is 15.6. The number of hydrogen-bond acceptors (Lipinski definition) is 5. The number of Topliss-reactive ketones (excluding diaryl/α,β-unsaturated/α-hetero) is 1. The van der Waals surface area contributed by atoms with Crippen molar-refractivity contribution >= 4 is 28.4 Å². The van der Waals surface area contributed by atoms with Crippen LogP contribution in [0.15, 0.2) is 59.9 Å². The number of ketones is 1. The van der Waals surface area contributed by atoms with Gasteiger partial charge >= 0.3 is 0 Å². The molecule has 28 heavy (non-hydrogen) atoms. The van der Waals surface area contributed by atoms with E-state index in [4.69, 9.17) is 4.74 Å². The average molecular weight is 392 g/mol. The molecule has 0 aliphatic heterocycles. The zero-order valence-corrected chi connectivity index (χ0v) is 16.4. The maximum Gasteiger partial charge on any atom is 0.209 e. The Morgan fingerprint density at radius 1 is 1.18 bits per heavy atom. The lowest BCUT2D eigenvalue weighted by Crippen LogP contribution is -2.13. The zero-order valence-electron chi connectivity index (χ0n) is 15.6. The first-order valence-corrected chi connectivity index (χ1v) is 9.86. The smallest absolute Gasteiger partial charge is 0.209 e. The SMILES string of the molecule is Cc1ccccc1OCc1nc(S[C@@H](C)C(=O)c2c[nH]c3ccccc23)n[nH]1. The summed E-state index contributed by atoms with van der Waals surface area (Å²) in [6.45, 7) is 4.16. The van der Waals surface area contributed by atoms with Gasteiger partial charge in [0.15, 0.2) is 11.6 Å². The molecule has 4 rings (SSSR count). The number of thioether (sulfide) groups is 1. The van der Waals surface area contributed by atoms with Gasteiger partial charge < -0.3 is 9.72 Å². The molecule has 0 saturated heterocycles. The van der Waals surface area contributed by atoms with Crippen molar-refractivity contribution in [2.24, 2.45) is 0 Å². The van der Waals surface area contributed by atoms with Gasteiger partial charge in [-0.15, -0.1) is 5.10 Å². The van der Waals surface area contributed by atoms with Crippen LogP contribution in [0.2, 0.25) is 0 Å². The summed E-state index contributed by atoms with van der Waals surface area (Å²) in [6.07, 6.45) is 1.77. The Labute approximate surface area is 166 Å². The van der Waals surface area contributed by atoms with E-state index in [0.29, 0.717) is 23.2 Å². The third-order valence-electron chi connectivity index (χ3n) is 4.48. The highest BCUT2D eigenvalue weighted by atomic mass is 32.2. The van der Waals surface area contributed by atoms with Crippen LogP contribution in [0.4, 0.5) is 0 Å². The van der Waals surface area contributed by atoms with E-state index in [9.17, 15) is 4.79 Å². The molecular formula is C21H20N4O2S. The molecule has 0 saturated carbocycles. The monoisotopic (exact) mass is 392 g/mol. The lowest BCUT2D eigenvalue weighted by Gasteiger charge is -2.07. The van der Waals surface area contributed by atoms with Crippen LogP contribution in [-0.4, -0.2) is 31.2 Å². The largest absolute Gasteiger partial charge is 0.485 e. The second-order valence-corrected chi connectivity index (χ2v) is 7.80. The number of carbonyl (C=O) groups is 1. The lowest BCUT2D eigenvalue weighted by atomic mass is 10.1. The number of fused-ring (bicyclic) bond motifs is 1. The van der Waals surface area contributed by atoms with E-state index in [1.54, 1.807) is 6.20 Å². The zero-order chi connectivity index (χ0) is 19.5. The van der Waals surface area contributed by atoms with Crippen molar-refractivity contribution in [1.29, 1.82) is 0 Å². The third-order valence-corrected chi connectivity index (χ3v) is 5.44. The van der Waals surface area contributed by atoms with Gasteiger partial charge in [-0.05, 0) is 31.5 Å². The van der Waals surface area contributed by atoms with Crippen molar-refractivity contribution < 1.29 is 9.53 Å². The minimum absolute atomic E-state index is 0.0463. The first kappa shape index (κ1) is 18.3. The Morgan fingerprint density at radius 2 is 1.96 bits per heavy atom. The molecule has 0 unspecified atom stereocenters. The normalized spacial score (nSPS) is 12.2. The summed E-state index contributed by atoms with van der Waals surface area (Å²) in [5.41, 5.74) is 2.71. The molecule has 0 spiro atoms. The van der Waals surface area contributed by atoms with Crippen LogP contribution in [0.3, 0.4) is 0 Å². The molecule has 0 aliphatic rings. The van der Waals surface area contributed by atoms with Gasteiger partial charge in [0.25, 0.3) is 0 Å². The average Bonchev–Trinajstić information content (AvgIpc) is 3.33. The fourth-order valence-electron chi connectivity index (χ4n) is 2.97. The number of nitrogens with one attached hydrogen (secondary N) is 2. The number of aromatic amines is 2. The summed E-state index contributed by atoms with van der Waals surface area (Å²) in [5, 5.41) is 8.24. The Bertz CT molecular complexity index is 1120. The van der Waals surface area contributed by atoms with E-state index >= 15 is 0 Å². The number of nitrogens with zero attached hydrogens (tertiary/aromatic N) is 2. The number of carbonyl (C=O) groups excluding carboxylic acids is 1. The number of aromatic nitrogens is 4. The molecular weight excluding hydrogens is 372 g/mol. The molecule has 0 radical (unpaired) electrons. The van der Waals surface area contributed by atoms with E-state index in [2.05, 4.69) is 20.2 Å². The van der Waals surface area contributed by atoms with Crippen LogP contribution >= 0.6 is 11.8 Å². The van der Waals surface area contributed by atoms with Crippen molar-refractivity contribution in [2.75, 3.05) is 0 Å². The van der Waals surface area contributed by atoms with Crippen LogP contribution in [0, 0.1) is 6.92 Å². The van der Waals surface area contributed by atoms with Gasteiger partial charge in [0, 0.05) is 22.7 Å². The minimum Gasteiger partial charge on any atom is -0.485 e. The number of para-hydroxylation sites is 2. The Morgan fingerprint density at radius 3 is 2.82 bits per heavy atom. The molecule has 2 heterocycles. The molecule has 2 N–H and O–H groups in total. The van der Waals surface area contributed by atoms with Crippen molar-refractivity contribution in [2.45, 2.75) is 30.9 Å². The summed E-state index contributed by atoms with van der Waals surface area (Å²) >= 11 is 1.33. The van der Waals surface area contributed by atoms with Gasteiger partial charge in [-0.25, -0.2) is 4.98 Å². The van der Waals surface area contributed by atoms with E-state index in [0.717, 1.165) is 22.2 Å². The Balaban J connectivity index is 1.40. The van der Waals surface area contributed by atoms with E-state index < -0.39 is 0 Å². The van der Waals surface area contributed by atoms with E-state index in [-0.39, 0.29) is 11.0 Å². The maximum atomic E-state index is 12.8. The minimum atomic E-state index is -0.305. The second-order valence-electron chi connectivity index (χ2n) is 6.49. The fraction of sp³-hybridized carbons (Fsp3) is 0.190. The molecule has 0 bridgehead atoms. The molecule has 0 fully saturated rings. The molecule has 0 amide bonds. The Kier molecular flexibility index (Phi) is 5.16. The fourth-order valence-corrected chi connectivity index (χ4v) is 3.78. The van der Waals surface area contributed by atoms with Gasteiger partial charge in [-0.2, -0.15) is 0 Å². The van der Waals surface area contributed by atoms with Crippen molar-refractivity contribution in [3.8, 4) is 5.75 Å². The van der Waals surface area contributed by atoms with Crippen LogP contribution in [0.1, 0.15) is 28.7 Å². The highest BCUT2D eigenvalue weighted by molar-refractivity contribution is 8.00. The number of ether oxygens (including phenoxy) is 1. The van der Waals surface area contributed by atoms with E-state index in [1.807, 2.05) is 62.4 Å². The van der Waals surface area contributed by atoms with Crippen LogP contribution in [-0.2, 0) is 6.61 Å². The van der Waals surface area contributed by atoms with Crippen LogP contribution in [0.5, 0.6) is 5.75 Å². The van der Waals surface area contributed by atoms with Gasteiger partial charge in [-0.1, -0.05) is 48.2 Å². The first-order valence-electron chi connectivity index (χ1n) is 8.98. The molecule has 4 aromatic rings. The van der Waals surface area contributed by atoms with Crippen molar-refractivity contribution in [3.63, 3.8) is 0 Å². The second kappa shape index (κ2) is 7.90. The number of rotatable bonds is 7. The third kappa shape index (κ3) is 3.80. The summed E-state index contributed by atoms with van der Waals surface area (Å²) in [5.74, 6) is 1.48. The first-order chi connectivity index (χ1) is 13.6. The number of H-pyrrole nitrogens is 2. The van der Waals surface area contributed by atoms with Gasteiger partial charge in [-0.3, -0.25) is 9.89 Å². The topological polar surface area (TPSA) is 83.7 Å². The van der Waals surface area contributed by atoms with E-state index in [1.165, 1.54) is 11.8 Å². The van der Waals surface area contributed by atoms with Crippen molar-refractivity contribution in [1.82, 2.24) is 20.2 Å². The highest BCUT2D eigenvalue weighted by Crippen LogP contribution is 2.26. The molecule has 7 heteroatoms. The van der Waals surface area contributed by atoms with Crippen LogP contribution < -0.4 is 4.74 Å². The number of hydrogen-bond donors (Lipinski definition) is 2. The predicted octanol–water partition coefficient (Wildman–Crippen LogP) is 4.54. The summed E-state index contributed by atoms with van der Waals surface area (Å²) < 4.78 is 5.78. The van der Waals surface area contributed by atoms with Gasteiger partial charge in [0.1, 0.15) is 12.4 Å². The summed E-state index contributed by atoms with van der Waals surface area (Å²) in [4.78, 5) is 20.4. The maximum absolute atomic E-state index is 12.8. The molecule has 1 atom stereocenters. The van der Waals surface area contributed by atoms with Crippen molar-refractivity contribution in [3.05, 3.63) is 71.7 Å². The quantitative estimate of drug-likeness (QED) is 0.356. The number of benzene rings is 2. The molecule has 6 nitrogen and oxygen atoms in total. The highest BCUT2D eigenvalue weighted by Gasteiger charge is 2.21. The summed E-state index contributed by atoms with van der Waals surface area (Å²) in [7, 11) is 0. The molecule has 2 aromatic heterocycles. The molecule has 2 aromatic carbocycles. The van der Waals surface area contributed by atoms with Gasteiger partial charge in [0.2, 0.25) is 5.16 Å². The standard InChI is InChI=1S/C21H20N4O2S/c1-13-7-3-6-10-18(13)27-12-19-23-21(25-24-19)28-14(2)20(26)16-11-22-17-9-5-4-8-15(16)17/h3-11,14,22H,12H2,1-2H3,(H,23,24,25)/t14-/m0/s1. The lowest BCUT2D eigenvalue weighted by molar-refractivity contribution is 0.0995. The van der Waals surface area contributed by atoms with Gasteiger partial charge in [0.05, 0.1) is 5.25 Å². The molecule has 0 aliphatic carbocycles. The predicted molar refractivity (Wildman–Crippen MR) is 110 cm³/mol. The van der Waals surface area contributed by atoms with Crippen LogP contribution in [0.25, 0.3) is 10.9 Å². The Hall–Kier alpha value is -3.06. The molecule has 142 valence electrons.